The minimum atomic E-state index is -1.69. The summed E-state index contributed by atoms with van der Waals surface area (Å²) in [4.78, 5) is 35.7. The molecule has 2 aromatic carbocycles. The lowest BCUT2D eigenvalue weighted by molar-refractivity contribution is -0.119. The second-order valence-corrected chi connectivity index (χ2v) is 14.3. The topological polar surface area (TPSA) is 252 Å². The van der Waals surface area contributed by atoms with Crippen molar-refractivity contribution in [1.82, 2.24) is 30.8 Å². The average molecular weight is 860 g/mol. The highest BCUT2D eigenvalue weighted by molar-refractivity contribution is 6.31. The Bertz CT molecular complexity index is 1630. The molecule has 15 nitrogen and oxygen atoms in total. The smallest absolute Gasteiger partial charge is 0.273 e. The molecule has 3 rings (SSSR count). The van der Waals surface area contributed by atoms with Gasteiger partial charge in [0, 0.05) is 31.7 Å². The van der Waals surface area contributed by atoms with E-state index in [1.165, 1.54) is 5.56 Å². The molecule has 57 heavy (non-hydrogen) atoms. The molecule has 0 aliphatic heterocycles. The Morgan fingerprint density at radius 1 is 0.825 bits per heavy atom. The maximum absolute atomic E-state index is 13.0. The number of rotatable bonds is 25. The van der Waals surface area contributed by atoms with Crippen LogP contribution in [0.4, 0.5) is 11.6 Å². The number of hydrogen-bond donors (Lipinski definition) is 10. The number of aryl methyl sites for hydroxylation is 1. The zero-order chi connectivity index (χ0) is 40.3. The average Bonchev–Trinajstić information content (AvgIpc) is 3.18. The van der Waals surface area contributed by atoms with E-state index in [9.17, 15) is 30.0 Å². The summed E-state index contributed by atoms with van der Waals surface area (Å²) in [6.45, 7) is 6.39. The van der Waals surface area contributed by atoms with Crippen molar-refractivity contribution in [2.45, 2.75) is 76.8 Å². The van der Waals surface area contributed by atoms with Gasteiger partial charge in [-0.3, -0.25) is 14.5 Å². The van der Waals surface area contributed by atoms with E-state index in [4.69, 9.17) is 28.2 Å². The summed E-state index contributed by atoms with van der Waals surface area (Å²) in [5, 5.41) is 58.8. The number of hydrogen-bond acceptors (Lipinski definition) is 13. The van der Waals surface area contributed by atoms with Crippen molar-refractivity contribution in [1.29, 1.82) is 0 Å². The Hall–Kier alpha value is -3.35. The monoisotopic (exact) mass is 858 g/mol. The van der Waals surface area contributed by atoms with Gasteiger partial charge in [-0.1, -0.05) is 74.2 Å². The summed E-state index contributed by atoms with van der Waals surface area (Å²) in [6.07, 6.45) is -0.863. The third-order valence-corrected chi connectivity index (χ3v) is 9.77. The first kappa shape index (κ1) is 51.7. The minimum Gasteiger partial charge on any atom is -0.394 e. The SMILES string of the molecule is CCCCCCN(CCNC(=O)c1ccc(CCNC[C@H](CNC(=O)c2nc(Cl)c(N)nc2N)Cc2ccccc2C)cc1)C[C@H](O)[C@@H](O)[C@H](O)[C@H](O)CO.Cl.Cl. The molecule has 1 heterocycles. The van der Waals surface area contributed by atoms with Crippen LogP contribution in [0.15, 0.2) is 48.5 Å². The van der Waals surface area contributed by atoms with Crippen LogP contribution in [0.3, 0.4) is 0 Å². The van der Waals surface area contributed by atoms with E-state index in [1.807, 2.05) is 29.2 Å². The van der Waals surface area contributed by atoms with E-state index in [2.05, 4.69) is 51.9 Å². The van der Waals surface area contributed by atoms with Gasteiger partial charge < -0.3 is 53.0 Å². The zero-order valence-corrected chi connectivity index (χ0v) is 35.0. The number of nitrogens with two attached hydrogens (primary N) is 2. The van der Waals surface area contributed by atoms with Crippen molar-refractivity contribution in [2.24, 2.45) is 5.92 Å². The second-order valence-electron chi connectivity index (χ2n) is 13.9. The minimum absolute atomic E-state index is 0. The predicted molar refractivity (Wildman–Crippen MR) is 228 cm³/mol. The van der Waals surface area contributed by atoms with Gasteiger partial charge in [0.05, 0.1) is 12.7 Å². The maximum atomic E-state index is 13.0. The van der Waals surface area contributed by atoms with Gasteiger partial charge in [0.1, 0.15) is 18.3 Å². The van der Waals surface area contributed by atoms with Gasteiger partial charge in [0.15, 0.2) is 22.5 Å². The molecule has 2 amide bonds. The number of nitrogen functional groups attached to an aromatic ring is 2. The zero-order valence-electron chi connectivity index (χ0n) is 32.6. The van der Waals surface area contributed by atoms with Crippen molar-refractivity contribution < 1.29 is 35.1 Å². The molecule has 3 aromatic rings. The quantitative estimate of drug-likeness (QED) is 0.0548. The van der Waals surface area contributed by atoms with Crippen LogP contribution in [-0.2, 0) is 12.8 Å². The lowest BCUT2D eigenvalue weighted by Gasteiger charge is -2.30. The molecule has 0 aliphatic rings. The molecule has 0 saturated heterocycles. The first-order valence-electron chi connectivity index (χ1n) is 18.9. The third-order valence-electron chi connectivity index (χ3n) is 9.49. The van der Waals surface area contributed by atoms with Crippen LogP contribution in [-0.4, -0.2) is 129 Å². The Kier molecular flexibility index (Phi) is 24.8. The van der Waals surface area contributed by atoms with E-state index >= 15 is 0 Å². The number of aliphatic hydroxyl groups excluding tert-OH is 5. The van der Waals surface area contributed by atoms with Crippen molar-refractivity contribution in [3.63, 3.8) is 0 Å². The lowest BCUT2D eigenvalue weighted by atomic mass is 9.95. The number of halogens is 3. The molecule has 12 N–H and O–H groups in total. The van der Waals surface area contributed by atoms with Crippen LogP contribution in [0.2, 0.25) is 5.15 Å². The molecule has 0 bridgehead atoms. The van der Waals surface area contributed by atoms with Gasteiger partial charge in [0.25, 0.3) is 11.8 Å². The number of amides is 2. The highest BCUT2D eigenvalue weighted by atomic mass is 35.5. The van der Waals surface area contributed by atoms with Gasteiger partial charge in [-0.05, 0) is 80.6 Å². The van der Waals surface area contributed by atoms with Crippen LogP contribution in [0.5, 0.6) is 0 Å². The fraction of sp³-hybridized carbons (Fsp3) is 0.538. The van der Waals surface area contributed by atoms with Crippen molar-refractivity contribution in [2.75, 3.05) is 63.9 Å². The van der Waals surface area contributed by atoms with Gasteiger partial charge in [-0.2, -0.15) is 0 Å². The van der Waals surface area contributed by atoms with Crippen molar-refractivity contribution in [3.8, 4) is 0 Å². The van der Waals surface area contributed by atoms with Crippen LogP contribution >= 0.6 is 36.4 Å². The van der Waals surface area contributed by atoms with E-state index in [1.54, 1.807) is 12.1 Å². The van der Waals surface area contributed by atoms with Crippen LogP contribution < -0.4 is 27.4 Å². The largest absolute Gasteiger partial charge is 0.394 e. The number of aromatic nitrogens is 2. The van der Waals surface area contributed by atoms with E-state index in [0.29, 0.717) is 51.3 Å². The van der Waals surface area contributed by atoms with E-state index in [0.717, 1.165) is 43.2 Å². The molecule has 0 spiro atoms. The number of unbranched alkanes of at least 4 members (excludes halogenated alkanes) is 3. The molecule has 0 saturated carbocycles. The number of aliphatic hydroxyl groups is 5. The summed E-state index contributed by atoms with van der Waals surface area (Å²) in [5.74, 6) is -0.831. The maximum Gasteiger partial charge on any atom is 0.273 e. The summed E-state index contributed by atoms with van der Waals surface area (Å²) in [6, 6.07) is 15.5. The predicted octanol–water partition coefficient (Wildman–Crippen LogP) is 1.92. The number of carbonyl (C=O) groups excluding carboxylic acids is 2. The lowest BCUT2D eigenvalue weighted by Crippen LogP contribution is -2.50. The summed E-state index contributed by atoms with van der Waals surface area (Å²) < 4.78 is 0. The molecule has 1 aromatic heterocycles. The molecule has 0 fully saturated rings. The summed E-state index contributed by atoms with van der Waals surface area (Å²) in [7, 11) is 0. The summed E-state index contributed by atoms with van der Waals surface area (Å²) >= 11 is 5.97. The number of benzene rings is 2. The van der Waals surface area contributed by atoms with Crippen molar-refractivity contribution >= 4 is 59.9 Å². The molecular formula is C39H61Cl3N8O7. The second kappa shape index (κ2) is 27.4. The Morgan fingerprint density at radius 3 is 2.18 bits per heavy atom. The first-order chi connectivity index (χ1) is 26.3. The number of anilines is 2. The van der Waals surface area contributed by atoms with Crippen LogP contribution in [0, 0.1) is 12.8 Å². The molecule has 0 aliphatic carbocycles. The van der Waals surface area contributed by atoms with Crippen LogP contribution in [0.25, 0.3) is 0 Å². The summed E-state index contributed by atoms with van der Waals surface area (Å²) in [5.41, 5.74) is 15.3. The normalized spacial score (nSPS) is 13.8. The highest BCUT2D eigenvalue weighted by Gasteiger charge is 2.31. The number of nitrogens with zero attached hydrogens (tertiary/aromatic N) is 3. The molecular weight excluding hydrogens is 799 g/mol. The van der Waals surface area contributed by atoms with Gasteiger partial charge in [-0.25, -0.2) is 9.97 Å². The molecule has 0 unspecified atom stereocenters. The highest BCUT2D eigenvalue weighted by Crippen LogP contribution is 2.18. The fourth-order valence-corrected chi connectivity index (χ4v) is 6.21. The number of nitrogens with one attached hydrogen (secondary N) is 3. The first-order valence-corrected chi connectivity index (χ1v) is 19.3. The third kappa shape index (κ3) is 17.6. The van der Waals surface area contributed by atoms with Gasteiger partial charge >= 0.3 is 0 Å². The van der Waals surface area contributed by atoms with Crippen LogP contribution in [0.1, 0.15) is 70.1 Å². The molecule has 320 valence electrons. The van der Waals surface area contributed by atoms with Crippen molar-refractivity contribution in [3.05, 3.63) is 81.6 Å². The molecule has 0 radical (unpaired) electrons. The van der Waals surface area contributed by atoms with Gasteiger partial charge in [0.2, 0.25) is 0 Å². The van der Waals surface area contributed by atoms with E-state index in [-0.39, 0.29) is 65.7 Å². The number of carbonyl (C=O) groups is 2. The molecule has 5 atom stereocenters. The molecule has 18 heteroatoms. The van der Waals surface area contributed by atoms with Gasteiger partial charge in [-0.15, -0.1) is 24.8 Å². The Morgan fingerprint density at radius 2 is 1.51 bits per heavy atom. The Balaban J connectivity index is 0.00000812. The fourth-order valence-electron chi connectivity index (χ4n) is 6.08. The Labute approximate surface area is 352 Å². The van der Waals surface area contributed by atoms with E-state index < -0.39 is 36.9 Å². The standard InChI is InChI=1S/C39H59ClN8O7.2ClH/c1-3-4-5-8-18-48(23-30(50)33(52)34(53)31(51)24-49)19-17-44-38(54)28-13-11-26(12-14-28)15-16-43-21-27(20-29-10-7-6-9-25(29)2)22-45-39(55)32-36(41)47-37(42)35(40)46-32;;/h6-7,9-14,27,30-31,33-34,43,49-53H,3-5,8,15-24H2,1-2H3,(H,44,54)(H,45,55)(H4,41,42,47);2*1H/t27-,30+,31-,33-,34-;;/m1../s1.